The Kier molecular flexibility index (Phi) is 4.06. The van der Waals surface area contributed by atoms with Crippen LogP contribution in [0.1, 0.15) is 46.1 Å². The summed E-state index contributed by atoms with van der Waals surface area (Å²) in [6.07, 6.45) is 1.16. The molecule has 2 amide bonds. The van der Waals surface area contributed by atoms with Gasteiger partial charge in [0.1, 0.15) is 11.1 Å². The molecule has 2 aliphatic heterocycles. The molecule has 2 aliphatic rings. The molecule has 0 N–H and O–H groups in total. The fourth-order valence-corrected chi connectivity index (χ4v) is 3.76. The monoisotopic (exact) mass is 330 g/mol. The number of ether oxygens (including phenoxy) is 1. The molecule has 5 heteroatoms. The number of nitrogens with zero attached hydrogens (tertiary/aromatic N) is 2. The van der Waals surface area contributed by atoms with Crippen molar-refractivity contribution in [2.75, 3.05) is 6.54 Å². The Balaban J connectivity index is 1.79. The van der Waals surface area contributed by atoms with Gasteiger partial charge in [0.25, 0.3) is 0 Å². The van der Waals surface area contributed by atoms with Gasteiger partial charge < -0.3 is 9.64 Å². The third kappa shape index (κ3) is 2.99. The maximum atomic E-state index is 13.1. The second-order valence-corrected chi connectivity index (χ2v) is 7.99. The van der Waals surface area contributed by atoms with E-state index >= 15 is 0 Å². The van der Waals surface area contributed by atoms with Gasteiger partial charge in [0, 0.05) is 13.1 Å². The van der Waals surface area contributed by atoms with Crippen molar-refractivity contribution in [3.05, 3.63) is 35.9 Å². The summed E-state index contributed by atoms with van der Waals surface area (Å²) in [6, 6.07) is 10.0. The third-order valence-corrected chi connectivity index (χ3v) is 4.85. The Morgan fingerprint density at radius 1 is 1.29 bits per heavy atom. The number of likely N-dealkylation sites (tertiary alicyclic amines) is 1. The van der Waals surface area contributed by atoms with Gasteiger partial charge in [-0.3, -0.25) is 9.69 Å². The summed E-state index contributed by atoms with van der Waals surface area (Å²) in [5.41, 5.74) is -0.239. The molecule has 0 radical (unpaired) electrons. The number of carbonyl (C=O) groups is 2. The molecule has 1 aromatic rings. The van der Waals surface area contributed by atoms with E-state index in [1.165, 1.54) is 0 Å². The Labute approximate surface area is 143 Å². The Bertz CT molecular complexity index is 638. The standard InChI is InChI=1S/C19H26N2O3/c1-18(2,3)24-17(23)21-15-10-11-19(21,4)16(22)20(13-15)12-14-8-6-5-7-9-14/h5-9,15H,10-13H2,1-4H3/t15-,19+/m0/s1. The fourth-order valence-electron chi connectivity index (χ4n) is 3.76. The summed E-state index contributed by atoms with van der Waals surface area (Å²) in [4.78, 5) is 29.3. The van der Waals surface area contributed by atoms with Crippen LogP contribution in [0, 0.1) is 0 Å². The van der Waals surface area contributed by atoms with Crippen LogP contribution in [0.3, 0.4) is 0 Å². The number of hydrogen-bond donors (Lipinski definition) is 0. The Hall–Kier alpha value is -2.04. The zero-order chi connectivity index (χ0) is 17.5. The minimum atomic E-state index is -0.792. The zero-order valence-electron chi connectivity index (χ0n) is 14.9. The molecule has 3 rings (SSSR count). The molecule has 2 fully saturated rings. The number of benzene rings is 1. The number of piperazine rings is 1. The van der Waals surface area contributed by atoms with E-state index in [9.17, 15) is 9.59 Å². The zero-order valence-corrected chi connectivity index (χ0v) is 14.9. The average Bonchev–Trinajstić information content (AvgIpc) is 2.77. The summed E-state index contributed by atoms with van der Waals surface area (Å²) in [7, 11) is 0. The van der Waals surface area contributed by atoms with Crippen LogP contribution in [0.2, 0.25) is 0 Å². The highest BCUT2D eigenvalue weighted by molar-refractivity contribution is 5.92. The van der Waals surface area contributed by atoms with Crippen molar-refractivity contribution >= 4 is 12.0 Å². The smallest absolute Gasteiger partial charge is 0.411 e. The van der Waals surface area contributed by atoms with Crippen LogP contribution in [0.4, 0.5) is 4.79 Å². The summed E-state index contributed by atoms with van der Waals surface area (Å²) in [6.45, 7) is 8.58. The molecule has 5 nitrogen and oxygen atoms in total. The van der Waals surface area contributed by atoms with Crippen LogP contribution in [0.5, 0.6) is 0 Å². The van der Waals surface area contributed by atoms with Crippen LogP contribution in [0.25, 0.3) is 0 Å². The van der Waals surface area contributed by atoms with Crippen molar-refractivity contribution in [3.8, 4) is 0 Å². The van der Waals surface area contributed by atoms with E-state index in [4.69, 9.17) is 4.74 Å². The SMILES string of the molecule is CC(C)(C)OC(=O)N1[C@H]2CC[C@]1(C)C(=O)N(Cc1ccccc1)C2. The highest BCUT2D eigenvalue weighted by Gasteiger charge is 2.57. The van der Waals surface area contributed by atoms with E-state index in [0.29, 0.717) is 19.5 Å². The lowest BCUT2D eigenvalue weighted by Crippen LogP contribution is -2.65. The molecule has 2 bridgehead atoms. The van der Waals surface area contributed by atoms with Crippen molar-refractivity contribution in [3.63, 3.8) is 0 Å². The second-order valence-electron chi connectivity index (χ2n) is 7.99. The maximum absolute atomic E-state index is 13.1. The van der Waals surface area contributed by atoms with Gasteiger partial charge in [-0.15, -0.1) is 0 Å². The van der Waals surface area contributed by atoms with Gasteiger partial charge in [-0.05, 0) is 46.1 Å². The second kappa shape index (κ2) is 5.80. The van der Waals surface area contributed by atoms with Crippen LogP contribution >= 0.6 is 0 Å². The lowest BCUT2D eigenvalue weighted by molar-refractivity contribution is -0.149. The molecule has 2 saturated heterocycles. The van der Waals surface area contributed by atoms with Crippen LogP contribution < -0.4 is 0 Å². The van der Waals surface area contributed by atoms with E-state index in [2.05, 4.69) is 0 Å². The normalized spacial score (nSPS) is 26.7. The first-order chi connectivity index (χ1) is 11.2. The number of amides is 2. The summed E-state index contributed by atoms with van der Waals surface area (Å²) in [5, 5.41) is 0. The van der Waals surface area contributed by atoms with E-state index in [1.807, 2.05) is 62.9 Å². The van der Waals surface area contributed by atoms with Gasteiger partial charge >= 0.3 is 6.09 Å². The van der Waals surface area contributed by atoms with Crippen molar-refractivity contribution in [1.29, 1.82) is 0 Å². The molecule has 24 heavy (non-hydrogen) atoms. The van der Waals surface area contributed by atoms with Crippen LogP contribution in [-0.4, -0.2) is 45.5 Å². The molecule has 0 aromatic heterocycles. The van der Waals surface area contributed by atoms with E-state index in [-0.39, 0.29) is 18.0 Å². The molecular weight excluding hydrogens is 304 g/mol. The first-order valence-electron chi connectivity index (χ1n) is 8.56. The molecule has 0 unspecified atom stereocenters. The Morgan fingerprint density at radius 2 is 1.96 bits per heavy atom. The van der Waals surface area contributed by atoms with Crippen molar-refractivity contribution in [2.45, 2.75) is 64.3 Å². The Morgan fingerprint density at radius 3 is 2.58 bits per heavy atom. The lowest BCUT2D eigenvalue weighted by Gasteiger charge is -2.46. The van der Waals surface area contributed by atoms with Crippen LogP contribution in [0.15, 0.2) is 30.3 Å². The summed E-state index contributed by atoms with van der Waals surface area (Å²) < 4.78 is 5.54. The molecule has 0 spiro atoms. The van der Waals surface area contributed by atoms with Gasteiger partial charge in [0.15, 0.2) is 0 Å². The summed E-state index contributed by atoms with van der Waals surface area (Å²) in [5.74, 6) is 0.0194. The molecule has 2 atom stereocenters. The first-order valence-corrected chi connectivity index (χ1v) is 8.56. The number of fused-ring (bicyclic) bond motifs is 2. The van der Waals surface area contributed by atoms with E-state index in [1.54, 1.807) is 4.90 Å². The van der Waals surface area contributed by atoms with Crippen molar-refractivity contribution in [2.24, 2.45) is 0 Å². The minimum Gasteiger partial charge on any atom is -0.444 e. The molecule has 2 heterocycles. The third-order valence-electron chi connectivity index (χ3n) is 4.85. The largest absolute Gasteiger partial charge is 0.444 e. The molecule has 1 aromatic carbocycles. The van der Waals surface area contributed by atoms with Crippen molar-refractivity contribution < 1.29 is 14.3 Å². The quantitative estimate of drug-likeness (QED) is 0.837. The number of carbonyl (C=O) groups excluding carboxylic acids is 2. The fraction of sp³-hybridized carbons (Fsp3) is 0.579. The predicted molar refractivity (Wildman–Crippen MR) is 91.4 cm³/mol. The molecule has 130 valence electrons. The van der Waals surface area contributed by atoms with Gasteiger partial charge in [-0.2, -0.15) is 0 Å². The number of rotatable bonds is 2. The minimum absolute atomic E-state index is 0.0194. The van der Waals surface area contributed by atoms with Gasteiger partial charge in [0.05, 0.1) is 6.04 Å². The summed E-state index contributed by atoms with van der Waals surface area (Å²) >= 11 is 0. The first kappa shape index (κ1) is 16.8. The topological polar surface area (TPSA) is 49.9 Å². The van der Waals surface area contributed by atoms with E-state index in [0.717, 1.165) is 12.0 Å². The van der Waals surface area contributed by atoms with Crippen molar-refractivity contribution in [1.82, 2.24) is 9.80 Å². The highest BCUT2D eigenvalue weighted by atomic mass is 16.6. The van der Waals surface area contributed by atoms with Gasteiger partial charge in [-0.25, -0.2) is 4.79 Å². The molecular formula is C19H26N2O3. The van der Waals surface area contributed by atoms with Crippen LogP contribution in [-0.2, 0) is 16.1 Å². The highest BCUT2D eigenvalue weighted by Crippen LogP contribution is 2.41. The molecule has 0 aliphatic carbocycles. The van der Waals surface area contributed by atoms with E-state index < -0.39 is 11.1 Å². The average molecular weight is 330 g/mol. The lowest BCUT2D eigenvalue weighted by atomic mass is 9.96. The number of hydrogen-bond acceptors (Lipinski definition) is 3. The van der Waals surface area contributed by atoms with Gasteiger partial charge in [-0.1, -0.05) is 30.3 Å². The van der Waals surface area contributed by atoms with Gasteiger partial charge in [0.2, 0.25) is 5.91 Å². The molecule has 0 saturated carbocycles. The maximum Gasteiger partial charge on any atom is 0.411 e. The predicted octanol–water partition coefficient (Wildman–Crippen LogP) is 3.19.